The number of rotatable bonds is 0. The summed E-state index contributed by atoms with van der Waals surface area (Å²) < 4.78 is 11.5. The van der Waals surface area contributed by atoms with Gasteiger partial charge in [0.05, 0.1) is 0 Å². The maximum atomic E-state index is 5.83. The van der Waals surface area contributed by atoms with Gasteiger partial charge in [0, 0.05) is 16.5 Å². The molecule has 0 N–H and O–H groups in total. The van der Waals surface area contributed by atoms with Crippen molar-refractivity contribution in [1.82, 2.24) is 0 Å². The largest absolute Gasteiger partial charge is 0.489 e. The molecular formula is C16H12O2. The first-order valence-electron chi connectivity index (χ1n) is 6.12. The number of ether oxygens (including phenoxy) is 2. The van der Waals surface area contributed by atoms with Gasteiger partial charge in [-0.2, -0.15) is 0 Å². The van der Waals surface area contributed by atoms with E-state index in [-0.39, 0.29) is 0 Å². The molecule has 0 amide bonds. The van der Waals surface area contributed by atoms with Gasteiger partial charge >= 0.3 is 0 Å². The van der Waals surface area contributed by atoms with E-state index in [9.17, 15) is 0 Å². The van der Waals surface area contributed by atoms with E-state index in [4.69, 9.17) is 9.47 Å². The minimum Gasteiger partial charge on any atom is -0.489 e. The third-order valence-electron chi connectivity index (χ3n) is 3.41. The van der Waals surface area contributed by atoms with Gasteiger partial charge in [-0.05, 0) is 23.6 Å². The second-order valence-corrected chi connectivity index (χ2v) is 4.49. The van der Waals surface area contributed by atoms with Crippen molar-refractivity contribution in [2.24, 2.45) is 0 Å². The van der Waals surface area contributed by atoms with Gasteiger partial charge in [-0.3, -0.25) is 0 Å². The summed E-state index contributed by atoms with van der Waals surface area (Å²) in [6.45, 7) is 1.29. The Labute approximate surface area is 105 Å². The van der Waals surface area contributed by atoms with Gasteiger partial charge in [-0.15, -0.1) is 0 Å². The summed E-state index contributed by atoms with van der Waals surface area (Å²) in [5, 5.41) is 2.35. The molecule has 2 heterocycles. The second kappa shape index (κ2) is 3.64. The maximum absolute atomic E-state index is 5.83. The zero-order valence-electron chi connectivity index (χ0n) is 9.85. The first kappa shape index (κ1) is 9.77. The lowest BCUT2D eigenvalue weighted by atomic mass is 9.97. The van der Waals surface area contributed by atoms with Crippen molar-refractivity contribution in [3.8, 4) is 11.5 Å². The van der Waals surface area contributed by atoms with Crippen LogP contribution in [0.1, 0.15) is 11.1 Å². The first-order chi connectivity index (χ1) is 8.93. The van der Waals surface area contributed by atoms with E-state index in [1.807, 2.05) is 18.2 Å². The highest BCUT2D eigenvalue weighted by Crippen LogP contribution is 2.40. The van der Waals surface area contributed by atoms with Crippen molar-refractivity contribution < 1.29 is 9.47 Å². The van der Waals surface area contributed by atoms with Crippen molar-refractivity contribution in [2.45, 2.75) is 0 Å². The standard InChI is InChI=1S/C16H12O2/c1-3-12-6-5-11-7-8-14-13(4-2-9-17-14)15(11)16(12)18-10-1/h1-8H,9-10H2. The van der Waals surface area contributed by atoms with Crippen molar-refractivity contribution in [2.75, 3.05) is 13.2 Å². The molecule has 0 spiro atoms. The molecule has 0 unspecified atom stereocenters. The van der Waals surface area contributed by atoms with Crippen molar-refractivity contribution in [3.05, 3.63) is 47.5 Å². The Morgan fingerprint density at radius 2 is 1.67 bits per heavy atom. The molecule has 4 rings (SSSR count). The van der Waals surface area contributed by atoms with E-state index >= 15 is 0 Å². The zero-order chi connectivity index (χ0) is 11.9. The summed E-state index contributed by atoms with van der Waals surface area (Å²) in [5.74, 6) is 1.92. The first-order valence-corrected chi connectivity index (χ1v) is 6.12. The molecule has 2 aliphatic heterocycles. The molecule has 2 aromatic rings. The third-order valence-corrected chi connectivity index (χ3v) is 3.41. The summed E-state index contributed by atoms with van der Waals surface area (Å²) in [5.41, 5.74) is 2.27. The van der Waals surface area contributed by atoms with Crippen LogP contribution in [-0.4, -0.2) is 13.2 Å². The van der Waals surface area contributed by atoms with E-state index < -0.39 is 0 Å². The Morgan fingerprint density at radius 3 is 2.67 bits per heavy atom. The van der Waals surface area contributed by atoms with Gasteiger partial charge in [0.25, 0.3) is 0 Å². The van der Waals surface area contributed by atoms with Crippen LogP contribution in [0.2, 0.25) is 0 Å². The van der Waals surface area contributed by atoms with E-state index in [1.165, 1.54) is 5.39 Å². The van der Waals surface area contributed by atoms with E-state index in [1.54, 1.807) is 0 Å². The smallest absolute Gasteiger partial charge is 0.135 e. The Balaban J connectivity index is 2.14. The van der Waals surface area contributed by atoms with Crippen LogP contribution in [0.4, 0.5) is 0 Å². The van der Waals surface area contributed by atoms with Gasteiger partial charge in [0.1, 0.15) is 24.7 Å². The second-order valence-electron chi connectivity index (χ2n) is 4.49. The van der Waals surface area contributed by atoms with Crippen LogP contribution in [0, 0.1) is 0 Å². The molecule has 2 aromatic carbocycles. The average molecular weight is 236 g/mol. The lowest BCUT2D eigenvalue weighted by Crippen LogP contribution is -2.04. The van der Waals surface area contributed by atoms with Crippen molar-refractivity contribution in [1.29, 1.82) is 0 Å². The summed E-state index contributed by atoms with van der Waals surface area (Å²) in [7, 11) is 0. The quantitative estimate of drug-likeness (QED) is 0.695. The summed E-state index contributed by atoms with van der Waals surface area (Å²) >= 11 is 0. The number of hydrogen-bond donors (Lipinski definition) is 0. The van der Waals surface area contributed by atoms with Crippen LogP contribution in [0.15, 0.2) is 36.4 Å². The summed E-state index contributed by atoms with van der Waals surface area (Å²) in [4.78, 5) is 0. The number of benzene rings is 2. The molecule has 0 atom stereocenters. The molecule has 0 saturated carbocycles. The molecule has 2 heteroatoms. The van der Waals surface area contributed by atoms with Gasteiger partial charge in [-0.25, -0.2) is 0 Å². The van der Waals surface area contributed by atoms with E-state index in [0.29, 0.717) is 13.2 Å². The van der Waals surface area contributed by atoms with Crippen LogP contribution in [0.25, 0.3) is 22.9 Å². The fourth-order valence-electron chi connectivity index (χ4n) is 2.60. The predicted octanol–water partition coefficient (Wildman–Crippen LogP) is 3.65. The Morgan fingerprint density at radius 1 is 0.833 bits per heavy atom. The highest BCUT2D eigenvalue weighted by atomic mass is 16.5. The predicted molar refractivity (Wildman–Crippen MR) is 73.0 cm³/mol. The van der Waals surface area contributed by atoms with E-state index in [0.717, 1.165) is 28.0 Å². The van der Waals surface area contributed by atoms with Gasteiger partial charge in [0.15, 0.2) is 0 Å². The fraction of sp³-hybridized carbons (Fsp3) is 0.125. The molecule has 18 heavy (non-hydrogen) atoms. The molecule has 2 aliphatic rings. The number of fused-ring (bicyclic) bond motifs is 5. The van der Waals surface area contributed by atoms with Gasteiger partial charge in [0.2, 0.25) is 0 Å². The van der Waals surface area contributed by atoms with Crippen LogP contribution in [0.3, 0.4) is 0 Å². The Hall–Kier alpha value is -2.22. The van der Waals surface area contributed by atoms with Crippen LogP contribution in [0.5, 0.6) is 11.5 Å². The number of hydrogen-bond acceptors (Lipinski definition) is 2. The van der Waals surface area contributed by atoms with Gasteiger partial charge in [-0.1, -0.05) is 30.4 Å². The molecule has 0 radical (unpaired) electrons. The molecule has 0 aromatic heterocycles. The molecular weight excluding hydrogens is 224 g/mol. The molecule has 0 bridgehead atoms. The average Bonchev–Trinajstić information content (AvgIpc) is 2.46. The molecule has 0 saturated heterocycles. The third kappa shape index (κ3) is 1.29. The zero-order valence-corrected chi connectivity index (χ0v) is 9.85. The van der Waals surface area contributed by atoms with Crippen LogP contribution < -0.4 is 9.47 Å². The van der Waals surface area contributed by atoms with E-state index in [2.05, 4.69) is 30.4 Å². The fourth-order valence-corrected chi connectivity index (χ4v) is 2.60. The lowest BCUT2D eigenvalue weighted by Gasteiger charge is -2.20. The van der Waals surface area contributed by atoms with Crippen LogP contribution >= 0.6 is 0 Å². The lowest BCUT2D eigenvalue weighted by molar-refractivity contribution is 0.356. The topological polar surface area (TPSA) is 18.5 Å². The summed E-state index contributed by atoms with van der Waals surface area (Å²) in [6.07, 6.45) is 8.32. The highest BCUT2D eigenvalue weighted by Gasteiger charge is 2.16. The van der Waals surface area contributed by atoms with Gasteiger partial charge < -0.3 is 9.47 Å². The van der Waals surface area contributed by atoms with Crippen LogP contribution in [-0.2, 0) is 0 Å². The molecule has 88 valence electrons. The van der Waals surface area contributed by atoms with Crippen molar-refractivity contribution >= 4 is 22.9 Å². The molecule has 0 aliphatic carbocycles. The highest BCUT2D eigenvalue weighted by molar-refractivity contribution is 6.00. The maximum Gasteiger partial charge on any atom is 0.135 e. The monoisotopic (exact) mass is 236 g/mol. The summed E-state index contributed by atoms with van der Waals surface area (Å²) in [6, 6.07) is 8.37. The Kier molecular flexibility index (Phi) is 1.97. The molecule has 2 nitrogen and oxygen atoms in total. The molecule has 0 fully saturated rings. The Bertz CT molecular complexity index is 696. The minimum atomic E-state index is 0.639. The SMILES string of the molecule is C1=Cc2c(ccc3ccc4c(c23)OCC=C4)OC1. The van der Waals surface area contributed by atoms with Crippen molar-refractivity contribution in [3.63, 3.8) is 0 Å². The minimum absolute atomic E-state index is 0.639. The normalized spacial score (nSPS) is 15.8.